The third-order valence-electron chi connectivity index (χ3n) is 7.15. The van der Waals surface area contributed by atoms with Crippen LogP contribution in [0, 0.1) is 0 Å². The summed E-state index contributed by atoms with van der Waals surface area (Å²) in [6.45, 7) is 2.33. The Hall–Kier alpha value is -4.04. The van der Waals surface area contributed by atoms with Crippen LogP contribution in [0.3, 0.4) is 0 Å². The number of hydrogen-bond acceptors (Lipinski definition) is 11. The van der Waals surface area contributed by atoms with E-state index in [1.165, 1.54) is 19.5 Å². The molecule has 6 rings (SSSR count). The van der Waals surface area contributed by atoms with Crippen LogP contribution in [-0.4, -0.2) is 69.9 Å². The number of benzene rings is 2. The van der Waals surface area contributed by atoms with Gasteiger partial charge in [0.05, 0.1) is 52.7 Å². The molecule has 1 aliphatic rings. The number of hydrogen-bond donors (Lipinski definition) is 3. The number of nitrogens with zero attached hydrogens (tertiary/aromatic N) is 6. The first-order valence-electron chi connectivity index (χ1n) is 13.8. The van der Waals surface area contributed by atoms with Gasteiger partial charge in [0.15, 0.2) is 0 Å². The molecule has 3 N–H and O–H groups in total. The van der Waals surface area contributed by atoms with Gasteiger partial charge in [0.1, 0.15) is 24.2 Å². The summed E-state index contributed by atoms with van der Waals surface area (Å²) in [6, 6.07) is 7.19. The van der Waals surface area contributed by atoms with E-state index in [1.54, 1.807) is 50.1 Å². The van der Waals surface area contributed by atoms with E-state index >= 15 is 0 Å². The van der Waals surface area contributed by atoms with E-state index < -0.39 is 13.7 Å². The third kappa shape index (κ3) is 6.52. The van der Waals surface area contributed by atoms with Crippen molar-refractivity contribution in [2.24, 2.45) is 0 Å². The topological polar surface area (TPSA) is 141 Å². The molecule has 5 aromatic rings. The molecular formula is C29H29BrF2N9O3P. The summed E-state index contributed by atoms with van der Waals surface area (Å²) in [5, 5.41) is 14.2. The lowest BCUT2D eigenvalue weighted by Crippen LogP contribution is -2.33. The standard InChI is InChI=1S/C29H29BrF2N9O3P/c1-43-23-11-18(24-14-33-8-9-44-24)17(16-12-37-41(15-16)28(31)32)10-22(23)39-29-36-13-19(30)27(40-29)38-21-5-4-20-25(35-7-6-34-20)26(21)45(2,3)42/h4-7,10-13,15,24,28,33H,8-9,14H2,1-3H3,(H2,36,38,39,40). The van der Waals surface area contributed by atoms with Gasteiger partial charge in [0.25, 0.3) is 0 Å². The van der Waals surface area contributed by atoms with Gasteiger partial charge in [-0.3, -0.25) is 9.97 Å². The molecule has 3 aromatic heterocycles. The van der Waals surface area contributed by atoms with E-state index in [4.69, 9.17) is 9.47 Å². The second-order valence-electron chi connectivity index (χ2n) is 10.6. The van der Waals surface area contributed by atoms with Crippen molar-refractivity contribution in [3.63, 3.8) is 0 Å². The maximum Gasteiger partial charge on any atom is 0.333 e. The highest BCUT2D eigenvalue weighted by atomic mass is 79.9. The Kier molecular flexibility index (Phi) is 8.78. The van der Waals surface area contributed by atoms with E-state index in [0.717, 1.165) is 5.56 Å². The second-order valence-corrected chi connectivity index (χ2v) is 14.6. The van der Waals surface area contributed by atoms with E-state index in [9.17, 15) is 13.3 Å². The molecule has 0 bridgehead atoms. The Morgan fingerprint density at radius 1 is 1.13 bits per heavy atom. The highest BCUT2D eigenvalue weighted by Gasteiger charge is 2.25. The van der Waals surface area contributed by atoms with Gasteiger partial charge in [0.2, 0.25) is 5.95 Å². The molecule has 1 unspecified atom stereocenters. The number of rotatable bonds is 9. The van der Waals surface area contributed by atoms with Gasteiger partial charge in [-0.2, -0.15) is 18.9 Å². The first-order valence-corrected chi connectivity index (χ1v) is 17.2. The van der Waals surface area contributed by atoms with Crippen molar-refractivity contribution >= 4 is 62.6 Å². The molecule has 12 nitrogen and oxygen atoms in total. The van der Waals surface area contributed by atoms with Gasteiger partial charge >= 0.3 is 6.55 Å². The number of morpholine rings is 1. The summed E-state index contributed by atoms with van der Waals surface area (Å²) in [5.41, 5.74) is 4.12. The third-order valence-corrected chi connectivity index (χ3v) is 9.26. The lowest BCUT2D eigenvalue weighted by molar-refractivity contribution is 0.0279. The van der Waals surface area contributed by atoms with Gasteiger partial charge in [-0.25, -0.2) is 9.67 Å². The molecule has 0 spiro atoms. The minimum Gasteiger partial charge on any atom is -0.495 e. The zero-order chi connectivity index (χ0) is 31.7. The maximum atomic E-state index is 13.4. The Bertz CT molecular complexity index is 1910. The van der Waals surface area contributed by atoms with Crippen molar-refractivity contribution in [1.29, 1.82) is 0 Å². The molecular weight excluding hydrogens is 671 g/mol. The molecule has 16 heteroatoms. The normalized spacial score (nSPS) is 15.4. The predicted octanol–water partition coefficient (Wildman–Crippen LogP) is 5.85. The highest BCUT2D eigenvalue weighted by molar-refractivity contribution is 9.10. The molecule has 0 radical (unpaired) electrons. The van der Waals surface area contributed by atoms with Crippen molar-refractivity contribution in [3.05, 3.63) is 65.3 Å². The minimum atomic E-state index is -2.81. The Morgan fingerprint density at radius 3 is 2.67 bits per heavy atom. The summed E-state index contributed by atoms with van der Waals surface area (Å²) in [4.78, 5) is 17.9. The number of alkyl halides is 2. The van der Waals surface area contributed by atoms with Gasteiger partial charge in [-0.15, -0.1) is 0 Å². The van der Waals surface area contributed by atoms with Crippen molar-refractivity contribution < 1.29 is 22.8 Å². The molecule has 45 heavy (non-hydrogen) atoms. The molecule has 0 saturated carbocycles. The number of nitrogens with one attached hydrogen (secondary N) is 3. The van der Waals surface area contributed by atoms with Crippen LogP contribution < -0.4 is 26.0 Å². The average molecular weight is 700 g/mol. The average Bonchev–Trinajstić information content (AvgIpc) is 3.53. The van der Waals surface area contributed by atoms with E-state index in [-0.39, 0.29) is 12.1 Å². The van der Waals surface area contributed by atoms with E-state index in [0.29, 0.717) is 79.3 Å². The molecule has 0 aliphatic carbocycles. The van der Waals surface area contributed by atoms with Gasteiger partial charge in [-0.05, 0) is 64.7 Å². The van der Waals surface area contributed by atoms with Crippen LogP contribution in [0.5, 0.6) is 5.75 Å². The van der Waals surface area contributed by atoms with Crippen LogP contribution in [0.25, 0.3) is 22.2 Å². The predicted molar refractivity (Wildman–Crippen MR) is 172 cm³/mol. The molecule has 1 saturated heterocycles. The van der Waals surface area contributed by atoms with Crippen molar-refractivity contribution in [1.82, 2.24) is 35.0 Å². The number of methoxy groups -OCH3 is 1. The summed E-state index contributed by atoms with van der Waals surface area (Å²) in [6.07, 6.45) is 7.08. The van der Waals surface area contributed by atoms with Crippen molar-refractivity contribution in [2.45, 2.75) is 12.7 Å². The molecule has 2 aromatic carbocycles. The Labute approximate surface area is 265 Å². The molecule has 1 atom stereocenters. The summed E-state index contributed by atoms with van der Waals surface area (Å²) in [5.74, 6) is 1.09. The van der Waals surface area contributed by atoms with Crippen LogP contribution in [0.1, 0.15) is 18.2 Å². The zero-order valence-corrected chi connectivity index (χ0v) is 26.9. The first-order chi connectivity index (χ1) is 21.6. The fourth-order valence-corrected chi connectivity index (χ4v) is 6.84. The number of aromatic nitrogens is 6. The minimum absolute atomic E-state index is 0.217. The molecule has 234 valence electrons. The summed E-state index contributed by atoms with van der Waals surface area (Å²) < 4.78 is 53.1. The summed E-state index contributed by atoms with van der Waals surface area (Å²) in [7, 11) is -1.28. The van der Waals surface area contributed by atoms with Crippen LogP contribution in [-0.2, 0) is 9.30 Å². The Balaban J connectivity index is 1.39. The number of halogens is 3. The molecule has 0 amide bonds. The number of fused-ring (bicyclic) bond motifs is 1. The fourth-order valence-electron chi connectivity index (χ4n) is 5.16. The maximum absolute atomic E-state index is 13.4. The van der Waals surface area contributed by atoms with Crippen molar-refractivity contribution in [2.75, 3.05) is 50.8 Å². The molecule has 1 fully saturated rings. The summed E-state index contributed by atoms with van der Waals surface area (Å²) >= 11 is 3.51. The highest BCUT2D eigenvalue weighted by Crippen LogP contribution is 2.42. The fraction of sp³-hybridized carbons (Fsp3) is 0.276. The largest absolute Gasteiger partial charge is 0.495 e. The van der Waals surface area contributed by atoms with Gasteiger partial charge in [0, 0.05) is 43.4 Å². The monoisotopic (exact) mass is 699 g/mol. The Morgan fingerprint density at radius 2 is 1.96 bits per heavy atom. The zero-order valence-electron chi connectivity index (χ0n) is 24.5. The number of ether oxygens (including phenoxy) is 2. The van der Waals surface area contributed by atoms with Crippen LogP contribution in [0.2, 0.25) is 0 Å². The lowest BCUT2D eigenvalue weighted by atomic mass is 9.96. The van der Waals surface area contributed by atoms with Crippen molar-refractivity contribution in [3.8, 4) is 16.9 Å². The van der Waals surface area contributed by atoms with E-state index in [2.05, 4.69) is 56.9 Å². The quantitative estimate of drug-likeness (QED) is 0.160. The SMILES string of the molecule is COc1cc(C2CNCCO2)c(-c2cnn(C(F)F)c2)cc1Nc1ncc(Br)c(Nc2ccc3nccnc3c2P(C)(C)=O)n1. The lowest BCUT2D eigenvalue weighted by Gasteiger charge is -2.27. The first kappa shape index (κ1) is 31.0. The molecule has 1 aliphatic heterocycles. The van der Waals surface area contributed by atoms with E-state index in [1.807, 2.05) is 6.07 Å². The smallest absolute Gasteiger partial charge is 0.333 e. The van der Waals surface area contributed by atoms with Crippen LogP contribution in [0.4, 0.5) is 31.9 Å². The van der Waals surface area contributed by atoms with Gasteiger partial charge < -0.3 is 30.0 Å². The second kappa shape index (κ2) is 12.8. The van der Waals surface area contributed by atoms with Crippen LogP contribution >= 0.6 is 23.1 Å². The van der Waals surface area contributed by atoms with Gasteiger partial charge in [-0.1, -0.05) is 0 Å². The number of anilines is 4. The van der Waals surface area contributed by atoms with Crippen LogP contribution in [0.15, 0.2) is 59.7 Å². The molecule has 4 heterocycles.